The molecule has 3 N–H and O–H groups in total. The average Bonchev–Trinajstić information content (AvgIpc) is 2.82. The lowest BCUT2D eigenvalue weighted by molar-refractivity contribution is -0.117. The summed E-state index contributed by atoms with van der Waals surface area (Å²) in [6.07, 6.45) is 4.30. The molecular weight excluding hydrogens is 434 g/mol. The minimum atomic E-state index is -0.727. The number of nitrogens with zero attached hydrogens (tertiary/aromatic N) is 2. The highest BCUT2D eigenvalue weighted by Crippen LogP contribution is 2.25. The van der Waals surface area contributed by atoms with Crippen molar-refractivity contribution >= 4 is 23.5 Å². The number of amides is 1. The molecule has 0 unspecified atom stereocenters. The number of azo groups is 1. The molecule has 0 radical (unpaired) electrons. The molecule has 1 amide bonds. The van der Waals surface area contributed by atoms with Crippen LogP contribution in [0, 0.1) is 0 Å². The van der Waals surface area contributed by atoms with Crippen molar-refractivity contribution in [3.63, 3.8) is 0 Å². The summed E-state index contributed by atoms with van der Waals surface area (Å²) in [4.78, 5) is 36.5. The van der Waals surface area contributed by atoms with E-state index in [4.69, 9.17) is 14.6 Å². The number of hydrogen-bond acceptors (Lipinski definition) is 10. The van der Waals surface area contributed by atoms with Crippen molar-refractivity contribution in [1.29, 1.82) is 0 Å². The number of hydrogen-bond donors (Lipinski definition) is 3. The zero-order valence-electron chi connectivity index (χ0n) is 18.5. The maximum atomic E-state index is 12.6. The van der Waals surface area contributed by atoms with Crippen LogP contribution in [0.4, 0.5) is 5.69 Å². The van der Waals surface area contributed by atoms with Gasteiger partial charge in [0.2, 0.25) is 0 Å². The Morgan fingerprint density at radius 1 is 1.09 bits per heavy atom. The Morgan fingerprint density at radius 3 is 2.39 bits per heavy atom. The van der Waals surface area contributed by atoms with E-state index in [0.717, 1.165) is 0 Å². The fraction of sp³-hybridized carbons (Fsp3) is 0.318. The van der Waals surface area contributed by atoms with Gasteiger partial charge in [0.15, 0.2) is 5.70 Å². The lowest BCUT2D eigenvalue weighted by Gasteiger charge is -2.16. The second kappa shape index (κ2) is 12.2. The minimum absolute atomic E-state index is 0.000196. The molecule has 1 aromatic carbocycles. The molecule has 0 atom stereocenters. The molecule has 0 saturated carbocycles. The molecule has 1 aliphatic carbocycles. The van der Waals surface area contributed by atoms with Gasteiger partial charge in [0.1, 0.15) is 18.1 Å². The Bertz CT molecular complexity index is 1040. The van der Waals surface area contributed by atoms with Gasteiger partial charge in [-0.05, 0) is 43.7 Å². The van der Waals surface area contributed by atoms with Crippen LogP contribution in [0.3, 0.4) is 0 Å². The summed E-state index contributed by atoms with van der Waals surface area (Å²) >= 11 is 0. The molecule has 1 aliphatic rings. The predicted molar refractivity (Wildman–Crippen MR) is 116 cm³/mol. The zero-order valence-corrected chi connectivity index (χ0v) is 18.5. The third-order valence-corrected chi connectivity index (χ3v) is 4.40. The fourth-order valence-corrected chi connectivity index (χ4v) is 2.75. The molecule has 0 aliphatic heterocycles. The van der Waals surface area contributed by atoms with Crippen LogP contribution in [0.5, 0.6) is 0 Å². The molecule has 0 aromatic heterocycles. The van der Waals surface area contributed by atoms with E-state index in [0.29, 0.717) is 24.3 Å². The van der Waals surface area contributed by atoms with Gasteiger partial charge in [-0.1, -0.05) is 0 Å². The van der Waals surface area contributed by atoms with Gasteiger partial charge in [-0.2, -0.15) is 0 Å². The molecule has 0 spiro atoms. The quantitative estimate of drug-likeness (QED) is 0.220. The lowest BCUT2D eigenvalue weighted by atomic mass is 10.1. The molecule has 0 bridgehead atoms. The standard InChI is InChI=1S/C22H25N3O8/c1-13(27)19(20(28)23-15-5-7-16(8-6-15)33-11-10-26)25-24-18-12-14(21(29)31-2)4-9-17(18)22(30)32-3/h4-5,7,9,12,26-27H,6,8,10-11H2,1-3H3,(H,23,28). The van der Waals surface area contributed by atoms with Gasteiger partial charge in [0.25, 0.3) is 5.91 Å². The van der Waals surface area contributed by atoms with Gasteiger partial charge >= 0.3 is 11.9 Å². The number of carbonyl (C=O) groups excluding carboxylic acids is 3. The van der Waals surface area contributed by atoms with Crippen LogP contribution >= 0.6 is 0 Å². The summed E-state index contributed by atoms with van der Waals surface area (Å²) in [6.45, 7) is 1.35. The summed E-state index contributed by atoms with van der Waals surface area (Å²) < 4.78 is 14.7. The summed E-state index contributed by atoms with van der Waals surface area (Å²) in [5, 5.41) is 29.1. The first-order valence-electron chi connectivity index (χ1n) is 9.87. The molecule has 0 heterocycles. The number of nitrogens with one attached hydrogen (secondary N) is 1. The SMILES string of the molecule is COC(=O)c1ccc(C(=O)OC)c(N=NC(C(=O)NC2=CC=C(OCCO)CC2)=C(C)O)c1. The average molecular weight is 459 g/mol. The Morgan fingerprint density at radius 2 is 1.82 bits per heavy atom. The highest BCUT2D eigenvalue weighted by molar-refractivity contribution is 5.98. The zero-order chi connectivity index (χ0) is 24.4. The number of rotatable bonds is 9. The van der Waals surface area contributed by atoms with E-state index in [1.165, 1.54) is 39.3 Å². The molecule has 0 fully saturated rings. The predicted octanol–water partition coefficient (Wildman–Crippen LogP) is 2.82. The van der Waals surface area contributed by atoms with Crippen LogP contribution in [0.2, 0.25) is 0 Å². The Kier molecular flexibility index (Phi) is 9.30. The Balaban J connectivity index is 2.27. The first kappa shape index (κ1) is 25.3. The van der Waals surface area contributed by atoms with Crippen LogP contribution in [0.1, 0.15) is 40.5 Å². The highest BCUT2D eigenvalue weighted by Gasteiger charge is 2.19. The number of aliphatic hydroxyl groups is 2. The number of carbonyl (C=O) groups is 3. The molecular formula is C22H25N3O8. The number of allylic oxidation sites excluding steroid dienone is 5. The molecule has 11 heteroatoms. The Hall–Kier alpha value is -3.99. The molecule has 0 saturated heterocycles. The van der Waals surface area contributed by atoms with E-state index in [2.05, 4.69) is 20.3 Å². The summed E-state index contributed by atoms with van der Waals surface area (Å²) in [5.74, 6) is -1.83. The topological polar surface area (TPSA) is 156 Å². The fourth-order valence-electron chi connectivity index (χ4n) is 2.75. The third kappa shape index (κ3) is 7.01. The normalized spacial score (nSPS) is 14.1. The number of ether oxygens (including phenoxy) is 3. The van der Waals surface area contributed by atoms with E-state index in [1.807, 2.05) is 0 Å². The molecule has 11 nitrogen and oxygen atoms in total. The monoisotopic (exact) mass is 459 g/mol. The van der Waals surface area contributed by atoms with Crippen LogP contribution in [-0.2, 0) is 19.0 Å². The van der Waals surface area contributed by atoms with Crippen molar-refractivity contribution in [3.8, 4) is 0 Å². The minimum Gasteiger partial charge on any atom is -0.510 e. The van der Waals surface area contributed by atoms with Crippen LogP contribution in [0.15, 0.2) is 63.5 Å². The summed E-state index contributed by atoms with van der Waals surface area (Å²) in [5.41, 5.74) is 0.226. The molecule has 33 heavy (non-hydrogen) atoms. The van der Waals surface area contributed by atoms with E-state index in [9.17, 15) is 19.5 Å². The van der Waals surface area contributed by atoms with Gasteiger partial charge in [0, 0.05) is 12.1 Å². The van der Waals surface area contributed by atoms with Crippen molar-refractivity contribution < 1.29 is 38.8 Å². The van der Waals surface area contributed by atoms with Crippen LogP contribution in [0.25, 0.3) is 0 Å². The van der Waals surface area contributed by atoms with Crippen LogP contribution < -0.4 is 5.32 Å². The summed E-state index contributed by atoms with van der Waals surface area (Å²) in [6, 6.07) is 3.93. The second-order valence-corrected chi connectivity index (χ2v) is 6.70. The highest BCUT2D eigenvalue weighted by atomic mass is 16.5. The van der Waals surface area contributed by atoms with E-state index in [-0.39, 0.29) is 35.7 Å². The lowest BCUT2D eigenvalue weighted by Crippen LogP contribution is -2.25. The van der Waals surface area contributed by atoms with Crippen LogP contribution in [-0.4, -0.2) is 55.5 Å². The maximum absolute atomic E-state index is 12.6. The largest absolute Gasteiger partial charge is 0.510 e. The van der Waals surface area contributed by atoms with E-state index in [1.54, 1.807) is 12.2 Å². The van der Waals surface area contributed by atoms with Crippen molar-refractivity contribution in [2.45, 2.75) is 19.8 Å². The number of aliphatic hydroxyl groups excluding tert-OH is 2. The number of methoxy groups -OCH3 is 2. The molecule has 176 valence electrons. The van der Waals surface area contributed by atoms with Gasteiger partial charge in [0.05, 0.1) is 37.7 Å². The van der Waals surface area contributed by atoms with Crippen molar-refractivity contribution in [2.75, 3.05) is 27.4 Å². The summed E-state index contributed by atoms with van der Waals surface area (Å²) in [7, 11) is 2.38. The van der Waals surface area contributed by atoms with Gasteiger partial charge < -0.3 is 29.7 Å². The van der Waals surface area contributed by atoms with Crippen molar-refractivity contribution in [1.82, 2.24) is 5.32 Å². The van der Waals surface area contributed by atoms with E-state index < -0.39 is 23.6 Å². The number of esters is 2. The van der Waals surface area contributed by atoms with Crippen molar-refractivity contribution in [3.05, 3.63) is 64.4 Å². The number of benzene rings is 1. The Labute approximate surface area is 190 Å². The maximum Gasteiger partial charge on any atom is 0.340 e. The van der Waals surface area contributed by atoms with E-state index >= 15 is 0 Å². The van der Waals surface area contributed by atoms with Gasteiger partial charge in [-0.3, -0.25) is 4.79 Å². The molecule has 1 aromatic rings. The van der Waals surface area contributed by atoms with Crippen molar-refractivity contribution in [2.24, 2.45) is 10.2 Å². The molecule has 2 rings (SSSR count). The van der Waals surface area contributed by atoms with Gasteiger partial charge in [-0.15, -0.1) is 10.2 Å². The smallest absolute Gasteiger partial charge is 0.340 e. The first-order chi connectivity index (χ1) is 15.8. The first-order valence-corrected chi connectivity index (χ1v) is 9.87. The third-order valence-electron chi connectivity index (χ3n) is 4.40. The van der Waals surface area contributed by atoms with Gasteiger partial charge in [-0.25, -0.2) is 9.59 Å². The second-order valence-electron chi connectivity index (χ2n) is 6.70.